The van der Waals surface area contributed by atoms with Gasteiger partial charge in [0.05, 0.1) is 33.8 Å². The Labute approximate surface area is 336 Å². The number of carbonyl (C=O) groups excluding carboxylic acids is 3. The molecule has 0 atom stereocenters. The molecule has 12 heteroatoms. The van der Waals surface area contributed by atoms with Crippen molar-refractivity contribution in [1.82, 2.24) is 15.0 Å². The van der Waals surface area contributed by atoms with Crippen molar-refractivity contribution in [2.24, 2.45) is 0 Å². The fourth-order valence-electron chi connectivity index (χ4n) is 6.22. The highest BCUT2D eigenvalue weighted by Crippen LogP contribution is 2.33. The van der Waals surface area contributed by atoms with Gasteiger partial charge in [0.25, 0.3) is 0 Å². The largest absolute Gasteiger partial charge is 0.458 e. The molecule has 3 heterocycles. The summed E-state index contributed by atoms with van der Waals surface area (Å²) in [6.07, 6.45) is 3.55. The van der Waals surface area contributed by atoms with Crippen LogP contribution in [0.1, 0.15) is 50.3 Å². The molecule has 9 nitrogen and oxygen atoms in total. The van der Waals surface area contributed by atoms with Gasteiger partial charge in [-0.1, -0.05) is 36.4 Å². The van der Waals surface area contributed by atoms with Gasteiger partial charge in [-0.05, 0) is 121 Å². The molecule has 0 N–H and O–H groups in total. The molecule has 1 fully saturated rings. The van der Waals surface area contributed by atoms with E-state index in [0.717, 1.165) is 33.8 Å². The molecule has 0 unspecified atom stereocenters. The number of esters is 3. The lowest BCUT2D eigenvalue weighted by Crippen LogP contribution is -2.40. The predicted molar refractivity (Wildman–Crippen MR) is 214 cm³/mol. The maximum Gasteiger partial charge on any atom is 0.339 e. The first-order valence-electron chi connectivity index (χ1n) is 17.0. The molecule has 0 aliphatic heterocycles. The van der Waals surface area contributed by atoms with Crippen molar-refractivity contribution in [1.29, 1.82) is 0 Å². The summed E-state index contributed by atoms with van der Waals surface area (Å²) >= 11 is 10.6. The first-order valence-corrected chi connectivity index (χ1v) is 19.4. The van der Waals surface area contributed by atoms with Crippen LogP contribution in [0.2, 0.25) is 0 Å². The second kappa shape index (κ2) is 17.0. The van der Waals surface area contributed by atoms with Gasteiger partial charge in [-0.3, -0.25) is 15.0 Å². The van der Waals surface area contributed by atoms with Crippen molar-refractivity contribution >= 4 is 65.7 Å². The maximum atomic E-state index is 13.6. The molecule has 270 valence electrons. The van der Waals surface area contributed by atoms with Crippen molar-refractivity contribution < 1.29 is 28.6 Å². The molecule has 0 spiro atoms. The summed E-state index contributed by atoms with van der Waals surface area (Å²) in [4.78, 5) is 53.8. The summed E-state index contributed by atoms with van der Waals surface area (Å²) in [6, 6.07) is 32.6. The van der Waals surface area contributed by atoms with Crippen LogP contribution < -0.4 is 0 Å². The molecule has 1 aliphatic rings. The molecule has 0 amide bonds. The Bertz CT molecular complexity index is 2050. The third-order valence-electron chi connectivity index (χ3n) is 8.85. The first-order chi connectivity index (χ1) is 26.2. The zero-order valence-corrected chi connectivity index (χ0v) is 33.2. The highest BCUT2D eigenvalue weighted by atomic mass is 79.9. The van der Waals surface area contributed by atoms with Gasteiger partial charge in [0, 0.05) is 68.0 Å². The van der Waals surface area contributed by atoms with Gasteiger partial charge in [0.15, 0.2) is 0 Å². The monoisotopic (exact) mass is 909 g/mol. The second-order valence-corrected chi connectivity index (χ2v) is 15.1. The van der Waals surface area contributed by atoms with Gasteiger partial charge in [0.1, 0.15) is 18.3 Å². The van der Waals surface area contributed by atoms with Crippen LogP contribution in [-0.2, 0) is 14.2 Å². The van der Waals surface area contributed by atoms with Crippen LogP contribution in [0.3, 0.4) is 0 Å². The standard InChI is InChI=1S/C42H30Br3N3O6/c43-34-19-25(37-7-1-4-16-46-37)10-13-31(34)40(49)52-28-22-29(53-41(50)32-14-11-26(20-35(32)44)38-8-2-5-17-47-38)24-30(23-28)54-42(51)33-15-12-27(21-36(33)45)39-9-3-6-18-48-39/h1-21,28-30H,22-24H2. The van der Waals surface area contributed by atoms with Crippen molar-refractivity contribution in [3.8, 4) is 33.8 Å². The van der Waals surface area contributed by atoms with Gasteiger partial charge in [-0.25, -0.2) is 14.4 Å². The molecule has 7 rings (SSSR count). The Morgan fingerprint density at radius 1 is 0.444 bits per heavy atom. The van der Waals surface area contributed by atoms with Crippen LogP contribution in [-0.4, -0.2) is 51.2 Å². The van der Waals surface area contributed by atoms with E-state index < -0.39 is 36.2 Å². The molecule has 0 bridgehead atoms. The van der Waals surface area contributed by atoms with E-state index in [2.05, 4.69) is 62.7 Å². The quantitative estimate of drug-likeness (QED) is 0.103. The average Bonchev–Trinajstić information content (AvgIpc) is 3.18. The highest BCUT2D eigenvalue weighted by Gasteiger charge is 2.36. The summed E-state index contributed by atoms with van der Waals surface area (Å²) in [5, 5.41) is 0. The van der Waals surface area contributed by atoms with Gasteiger partial charge in [-0.15, -0.1) is 0 Å². The Kier molecular flexibility index (Phi) is 11.7. The minimum Gasteiger partial charge on any atom is -0.458 e. The van der Waals surface area contributed by atoms with Gasteiger partial charge in [0.2, 0.25) is 0 Å². The normalized spacial score (nSPS) is 16.6. The number of aromatic nitrogens is 3. The fraction of sp³-hybridized carbons (Fsp3) is 0.143. The second-order valence-electron chi connectivity index (χ2n) is 12.5. The molecule has 1 aliphatic carbocycles. The summed E-state index contributed by atoms with van der Waals surface area (Å²) < 4.78 is 19.7. The van der Waals surface area contributed by atoms with Crippen LogP contribution in [0.4, 0.5) is 0 Å². The van der Waals surface area contributed by atoms with Crippen LogP contribution in [0.5, 0.6) is 0 Å². The van der Waals surface area contributed by atoms with Gasteiger partial charge < -0.3 is 14.2 Å². The van der Waals surface area contributed by atoms with E-state index in [1.165, 1.54) is 0 Å². The SMILES string of the molecule is O=C(OC1CC(OC(=O)c2ccc(-c3ccccn3)cc2Br)CC(OC(=O)c2ccc(-c3ccccn3)cc2Br)C1)c1ccc(-c2ccccn2)cc1Br. The molecule has 0 saturated heterocycles. The molecule has 54 heavy (non-hydrogen) atoms. The van der Waals surface area contributed by atoms with E-state index in [9.17, 15) is 14.4 Å². The summed E-state index contributed by atoms with van der Waals surface area (Å²) in [5.74, 6) is -1.72. The summed E-state index contributed by atoms with van der Waals surface area (Å²) in [6.45, 7) is 0. The zero-order chi connectivity index (χ0) is 37.6. The topological polar surface area (TPSA) is 118 Å². The Morgan fingerprint density at radius 3 is 0.981 bits per heavy atom. The summed E-state index contributed by atoms with van der Waals surface area (Å²) in [7, 11) is 0. The molecule has 3 aromatic carbocycles. The molecule has 3 aromatic heterocycles. The molecule has 6 aromatic rings. The molecular weight excluding hydrogens is 882 g/mol. The fourth-order valence-corrected chi connectivity index (χ4v) is 7.84. The van der Waals surface area contributed by atoms with E-state index >= 15 is 0 Å². The number of pyridine rings is 3. The van der Waals surface area contributed by atoms with Crippen molar-refractivity contribution in [2.75, 3.05) is 0 Å². The summed E-state index contributed by atoms with van der Waals surface area (Å²) in [5.41, 5.74) is 5.71. The Balaban J connectivity index is 1.09. The lowest BCUT2D eigenvalue weighted by molar-refractivity contribution is -0.0588. The maximum absolute atomic E-state index is 13.6. The van der Waals surface area contributed by atoms with Crippen LogP contribution in [0.25, 0.3) is 33.8 Å². The van der Waals surface area contributed by atoms with E-state index in [-0.39, 0.29) is 19.3 Å². The number of hydrogen-bond donors (Lipinski definition) is 0. The van der Waals surface area contributed by atoms with E-state index in [1.807, 2.05) is 72.8 Å². The van der Waals surface area contributed by atoms with Gasteiger partial charge >= 0.3 is 17.9 Å². The number of rotatable bonds is 9. The molecular formula is C42H30Br3N3O6. The number of hydrogen-bond acceptors (Lipinski definition) is 9. The van der Waals surface area contributed by atoms with Crippen LogP contribution in [0.15, 0.2) is 141 Å². The number of carbonyl (C=O) groups is 3. The van der Waals surface area contributed by atoms with Gasteiger partial charge in [-0.2, -0.15) is 0 Å². The smallest absolute Gasteiger partial charge is 0.339 e. The van der Waals surface area contributed by atoms with Crippen molar-refractivity contribution in [3.05, 3.63) is 158 Å². The lowest BCUT2D eigenvalue weighted by atomic mass is 9.91. The Morgan fingerprint density at radius 2 is 0.741 bits per heavy atom. The number of nitrogens with zero attached hydrogens (tertiary/aromatic N) is 3. The van der Waals surface area contributed by atoms with Crippen molar-refractivity contribution in [3.63, 3.8) is 0 Å². The van der Waals surface area contributed by atoms with Crippen LogP contribution in [0, 0.1) is 0 Å². The number of benzene rings is 3. The third kappa shape index (κ3) is 8.83. The molecule has 0 radical (unpaired) electrons. The third-order valence-corrected chi connectivity index (χ3v) is 10.8. The number of halogens is 3. The Hall–Kier alpha value is -5.04. The predicted octanol–water partition coefficient (Wildman–Crippen LogP) is 10.3. The first kappa shape index (κ1) is 37.3. The lowest BCUT2D eigenvalue weighted by Gasteiger charge is -2.34. The molecule has 1 saturated carbocycles. The minimum absolute atomic E-state index is 0.210. The average molecular weight is 912 g/mol. The van der Waals surface area contributed by atoms with E-state index in [1.54, 1.807) is 55.0 Å². The van der Waals surface area contributed by atoms with Crippen LogP contribution >= 0.6 is 47.8 Å². The van der Waals surface area contributed by atoms with Crippen molar-refractivity contribution in [2.45, 2.75) is 37.6 Å². The minimum atomic E-state index is -0.728. The van der Waals surface area contributed by atoms with E-state index in [4.69, 9.17) is 14.2 Å². The highest BCUT2D eigenvalue weighted by molar-refractivity contribution is 9.11. The number of ether oxygens (including phenoxy) is 3. The zero-order valence-electron chi connectivity index (χ0n) is 28.4. The van der Waals surface area contributed by atoms with E-state index in [0.29, 0.717) is 30.1 Å².